The molecule has 0 radical (unpaired) electrons. The number of nitrogens with zero attached hydrogens (tertiary/aromatic N) is 3. The van der Waals surface area contributed by atoms with Crippen molar-refractivity contribution in [1.29, 1.82) is 0 Å². The minimum absolute atomic E-state index is 0.0663. The number of nitrogens with one attached hydrogen (secondary N) is 1. The van der Waals surface area contributed by atoms with Gasteiger partial charge in [0.15, 0.2) is 5.16 Å². The predicted molar refractivity (Wildman–Crippen MR) is 126 cm³/mol. The monoisotopic (exact) mass is 474 g/mol. The number of aromatic nitrogens is 2. The van der Waals surface area contributed by atoms with E-state index in [9.17, 15) is 13.2 Å². The lowest BCUT2D eigenvalue weighted by Gasteiger charge is -2.15. The molecule has 1 amide bonds. The summed E-state index contributed by atoms with van der Waals surface area (Å²) in [6.07, 6.45) is 3.55. The van der Waals surface area contributed by atoms with Gasteiger partial charge in [-0.2, -0.15) is 0 Å². The van der Waals surface area contributed by atoms with Crippen molar-refractivity contribution in [3.63, 3.8) is 0 Å². The Morgan fingerprint density at radius 2 is 1.94 bits per heavy atom. The second kappa shape index (κ2) is 9.76. The van der Waals surface area contributed by atoms with Crippen molar-refractivity contribution < 1.29 is 17.9 Å². The number of carbonyl (C=O) groups excluding carboxylic acids is 1. The highest BCUT2D eigenvalue weighted by Gasteiger charge is 2.20. The van der Waals surface area contributed by atoms with Crippen LogP contribution < -0.4 is 10.1 Å². The van der Waals surface area contributed by atoms with E-state index < -0.39 is 10.0 Å². The molecule has 3 aromatic rings. The lowest BCUT2D eigenvalue weighted by atomic mass is 10.1. The van der Waals surface area contributed by atoms with Crippen molar-refractivity contribution in [2.45, 2.75) is 23.9 Å². The van der Waals surface area contributed by atoms with E-state index >= 15 is 0 Å². The van der Waals surface area contributed by atoms with E-state index in [-0.39, 0.29) is 16.6 Å². The third-order valence-electron chi connectivity index (χ3n) is 4.77. The second-order valence-corrected chi connectivity index (χ2v) is 10.5. The SMILES string of the molecule is COc1ccc(S(=O)(=O)N(C)C)cc1NC(=O)CSc1nccn1-c1ccc(C)cc1C. The fraction of sp³-hybridized carbons (Fsp3) is 0.273. The summed E-state index contributed by atoms with van der Waals surface area (Å²) in [5.74, 6) is 0.163. The fourth-order valence-corrected chi connectivity index (χ4v) is 4.82. The van der Waals surface area contributed by atoms with Crippen LogP contribution in [0.4, 0.5) is 5.69 Å². The molecule has 0 saturated carbocycles. The molecule has 0 atom stereocenters. The number of imidazole rings is 1. The zero-order valence-corrected chi connectivity index (χ0v) is 20.3. The topological polar surface area (TPSA) is 93.5 Å². The highest BCUT2D eigenvalue weighted by molar-refractivity contribution is 7.99. The molecule has 1 N–H and O–H groups in total. The van der Waals surface area contributed by atoms with Crippen molar-refractivity contribution >= 4 is 33.4 Å². The molecule has 8 nitrogen and oxygen atoms in total. The van der Waals surface area contributed by atoms with Crippen molar-refractivity contribution in [2.24, 2.45) is 0 Å². The van der Waals surface area contributed by atoms with Crippen LogP contribution in [-0.2, 0) is 14.8 Å². The number of amides is 1. The number of hydrogen-bond acceptors (Lipinski definition) is 6. The van der Waals surface area contributed by atoms with Gasteiger partial charge >= 0.3 is 0 Å². The normalized spacial score (nSPS) is 11.6. The minimum Gasteiger partial charge on any atom is -0.495 e. The third kappa shape index (κ3) is 5.14. The predicted octanol–water partition coefficient (Wildman–Crippen LogP) is 3.48. The number of anilines is 1. The van der Waals surface area contributed by atoms with E-state index in [2.05, 4.69) is 16.4 Å². The van der Waals surface area contributed by atoms with E-state index in [0.29, 0.717) is 16.6 Å². The highest BCUT2D eigenvalue weighted by atomic mass is 32.2. The van der Waals surface area contributed by atoms with Crippen molar-refractivity contribution in [1.82, 2.24) is 13.9 Å². The minimum atomic E-state index is -3.64. The van der Waals surface area contributed by atoms with Crippen LogP contribution in [0.2, 0.25) is 0 Å². The maximum atomic E-state index is 12.6. The molecule has 0 aliphatic rings. The molecule has 170 valence electrons. The van der Waals surface area contributed by atoms with Gasteiger partial charge < -0.3 is 10.1 Å². The summed E-state index contributed by atoms with van der Waals surface area (Å²) in [4.78, 5) is 17.1. The maximum absolute atomic E-state index is 12.6. The van der Waals surface area contributed by atoms with E-state index in [4.69, 9.17) is 4.74 Å². The molecule has 0 fully saturated rings. The number of sulfonamides is 1. The van der Waals surface area contributed by atoms with Gasteiger partial charge in [0.2, 0.25) is 15.9 Å². The highest BCUT2D eigenvalue weighted by Crippen LogP contribution is 2.29. The Bertz CT molecular complexity index is 1240. The van der Waals surface area contributed by atoms with Crippen molar-refractivity contribution in [3.05, 3.63) is 59.9 Å². The zero-order chi connectivity index (χ0) is 23.5. The van der Waals surface area contributed by atoms with Crippen LogP contribution in [0.15, 0.2) is 58.8 Å². The summed E-state index contributed by atoms with van der Waals surface area (Å²) < 4.78 is 33.2. The van der Waals surface area contributed by atoms with Gasteiger partial charge in [-0.3, -0.25) is 9.36 Å². The molecule has 3 rings (SSSR count). The van der Waals surface area contributed by atoms with E-state index in [0.717, 1.165) is 15.6 Å². The van der Waals surface area contributed by atoms with Gasteiger partial charge in [0, 0.05) is 26.5 Å². The van der Waals surface area contributed by atoms with Crippen molar-refractivity contribution in [2.75, 3.05) is 32.3 Å². The summed E-state index contributed by atoms with van der Waals surface area (Å²) in [6.45, 7) is 4.07. The molecule has 0 unspecified atom stereocenters. The first-order valence-corrected chi connectivity index (χ1v) is 12.2. The summed E-state index contributed by atoms with van der Waals surface area (Å²) in [5.41, 5.74) is 3.57. The summed E-state index contributed by atoms with van der Waals surface area (Å²) >= 11 is 1.29. The van der Waals surface area contributed by atoms with Gasteiger partial charge in [-0.15, -0.1) is 0 Å². The number of ether oxygens (including phenoxy) is 1. The standard InChI is InChI=1S/C22H26N4O4S2/c1-15-6-8-19(16(2)12-15)26-11-10-23-22(26)31-14-21(27)24-18-13-17(7-9-20(18)30-5)32(28,29)25(3)4/h6-13H,14H2,1-5H3,(H,24,27). The van der Waals surface area contributed by atoms with Gasteiger partial charge in [-0.1, -0.05) is 29.5 Å². The molecular formula is C22H26N4O4S2. The van der Waals surface area contributed by atoms with Crippen molar-refractivity contribution in [3.8, 4) is 11.4 Å². The number of methoxy groups -OCH3 is 1. The molecule has 1 heterocycles. The second-order valence-electron chi connectivity index (χ2n) is 7.36. The van der Waals surface area contributed by atoms with Gasteiger partial charge in [0.25, 0.3) is 0 Å². The first kappa shape index (κ1) is 23.8. The number of hydrogen-bond donors (Lipinski definition) is 1. The summed E-state index contributed by atoms with van der Waals surface area (Å²) in [5, 5.41) is 3.43. The average molecular weight is 475 g/mol. The summed E-state index contributed by atoms with van der Waals surface area (Å²) in [6, 6.07) is 10.5. The Kier molecular flexibility index (Phi) is 7.27. The number of aryl methyl sites for hydroxylation is 2. The molecular weight excluding hydrogens is 448 g/mol. The Morgan fingerprint density at radius 3 is 2.59 bits per heavy atom. The van der Waals surface area contributed by atoms with Crippen LogP contribution in [0.3, 0.4) is 0 Å². The van der Waals surface area contributed by atoms with Gasteiger partial charge in [-0.25, -0.2) is 17.7 Å². The average Bonchev–Trinajstić information content (AvgIpc) is 3.20. The lowest BCUT2D eigenvalue weighted by Crippen LogP contribution is -2.22. The number of carbonyl (C=O) groups is 1. The Labute approximate surface area is 192 Å². The molecule has 1 aromatic heterocycles. The van der Waals surface area contributed by atoms with E-state index in [1.165, 1.54) is 56.7 Å². The number of benzene rings is 2. The number of rotatable bonds is 8. The Hall–Kier alpha value is -2.82. The summed E-state index contributed by atoms with van der Waals surface area (Å²) in [7, 11) is 0.717. The van der Waals surface area contributed by atoms with Crippen LogP contribution in [0, 0.1) is 13.8 Å². The fourth-order valence-electron chi connectivity index (χ4n) is 3.13. The molecule has 10 heteroatoms. The first-order valence-electron chi connectivity index (χ1n) is 9.77. The van der Waals surface area contributed by atoms with Crippen LogP contribution >= 0.6 is 11.8 Å². The van der Waals surface area contributed by atoms with E-state index in [1.807, 2.05) is 36.7 Å². The maximum Gasteiger partial charge on any atom is 0.242 e. The van der Waals surface area contributed by atoms with E-state index in [1.54, 1.807) is 6.20 Å². The molecule has 0 aliphatic heterocycles. The molecule has 0 saturated heterocycles. The molecule has 0 spiro atoms. The Morgan fingerprint density at radius 1 is 1.19 bits per heavy atom. The number of thioether (sulfide) groups is 1. The largest absolute Gasteiger partial charge is 0.495 e. The molecule has 32 heavy (non-hydrogen) atoms. The molecule has 0 aliphatic carbocycles. The lowest BCUT2D eigenvalue weighted by molar-refractivity contribution is -0.113. The smallest absolute Gasteiger partial charge is 0.242 e. The van der Waals surface area contributed by atoms with Gasteiger partial charge in [0.1, 0.15) is 5.75 Å². The van der Waals surface area contributed by atoms with Gasteiger partial charge in [-0.05, 0) is 43.7 Å². The zero-order valence-electron chi connectivity index (χ0n) is 18.6. The van der Waals surface area contributed by atoms with Crippen LogP contribution in [0.5, 0.6) is 5.75 Å². The van der Waals surface area contributed by atoms with Gasteiger partial charge in [0.05, 0.1) is 29.1 Å². The van der Waals surface area contributed by atoms with Crippen LogP contribution in [0.1, 0.15) is 11.1 Å². The van der Waals surface area contributed by atoms with Crippen LogP contribution in [0.25, 0.3) is 5.69 Å². The Balaban J connectivity index is 1.76. The first-order chi connectivity index (χ1) is 15.1. The molecule has 0 bridgehead atoms. The quantitative estimate of drug-likeness (QED) is 0.503. The third-order valence-corrected chi connectivity index (χ3v) is 7.55. The molecule has 2 aromatic carbocycles. The van der Waals surface area contributed by atoms with Crippen LogP contribution in [-0.4, -0.2) is 55.1 Å².